The van der Waals surface area contributed by atoms with Gasteiger partial charge in [-0.3, -0.25) is 0 Å². The first-order chi connectivity index (χ1) is 6.57. The SMILES string of the molecule is CC[C@H](CO)NC1CCS(=O)(=O)CC1. The van der Waals surface area contributed by atoms with Gasteiger partial charge in [0.2, 0.25) is 0 Å². The largest absolute Gasteiger partial charge is 0.395 e. The van der Waals surface area contributed by atoms with Crippen LogP contribution in [0.15, 0.2) is 0 Å². The van der Waals surface area contributed by atoms with Gasteiger partial charge in [-0.05, 0) is 19.3 Å². The van der Waals surface area contributed by atoms with Crippen molar-refractivity contribution in [2.24, 2.45) is 0 Å². The van der Waals surface area contributed by atoms with E-state index < -0.39 is 9.84 Å². The molecular formula is C9H19NO3S. The lowest BCUT2D eigenvalue weighted by Crippen LogP contribution is -2.44. The summed E-state index contributed by atoms with van der Waals surface area (Å²) in [5.74, 6) is 0.569. The van der Waals surface area contributed by atoms with Gasteiger partial charge in [0.05, 0.1) is 18.1 Å². The smallest absolute Gasteiger partial charge is 0.150 e. The first-order valence-electron chi connectivity index (χ1n) is 5.14. The third-order valence-corrected chi connectivity index (χ3v) is 4.45. The lowest BCUT2D eigenvalue weighted by molar-refractivity contribution is 0.224. The molecule has 1 aliphatic rings. The van der Waals surface area contributed by atoms with Crippen molar-refractivity contribution in [3.63, 3.8) is 0 Å². The Morgan fingerprint density at radius 2 is 2.00 bits per heavy atom. The number of hydrogen-bond donors (Lipinski definition) is 2. The highest BCUT2D eigenvalue weighted by Crippen LogP contribution is 2.13. The van der Waals surface area contributed by atoms with E-state index in [0.29, 0.717) is 12.8 Å². The molecule has 2 N–H and O–H groups in total. The molecule has 1 rings (SSSR count). The molecule has 1 saturated heterocycles. The quantitative estimate of drug-likeness (QED) is 0.697. The Hall–Kier alpha value is -0.130. The van der Waals surface area contributed by atoms with E-state index in [4.69, 9.17) is 5.11 Å². The highest BCUT2D eigenvalue weighted by molar-refractivity contribution is 7.91. The van der Waals surface area contributed by atoms with Crippen LogP contribution < -0.4 is 5.32 Å². The Balaban J connectivity index is 2.35. The summed E-state index contributed by atoms with van der Waals surface area (Å²) >= 11 is 0. The van der Waals surface area contributed by atoms with Crippen LogP contribution in [0.25, 0.3) is 0 Å². The van der Waals surface area contributed by atoms with Crippen molar-refractivity contribution in [2.45, 2.75) is 38.3 Å². The van der Waals surface area contributed by atoms with E-state index in [0.717, 1.165) is 6.42 Å². The zero-order valence-corrected chi connectivity index (χ0v) is 9.39. The molecular weight excluding hydrogens is 202 g/mol. The number of aliphatic hydroxyl groups excluding tert-OH is 1. The van der Waals surface area contributed by atoms with Crippen molar-refractivity contribution in [1.82, 2.24) is 5.32 Å². The predicted molar refractivity (Wildman–Crippen MR) is 56.0 cm³/mol. The standard InChI is InChI=1S/C9H19NO3S/c1-2-8(7-11)10-9-3-5-14(12,13)6-4-9/h8-11H,2-7H2,1H3/t8-/m1/s1. The Labute approximate surface area is 85.6 Å². The van der Waals surface area contributed by atoms with Crippen LogP contribution in [-0.4, -0.2) is 43.7 Å². The number of rotatable bonds is 4. The third kappa shape index (κ3) is 3.55. The Kier molecular flexibility index (Phi) is 4.34. The Morgan fingerprint density at radius 3 is 2.43 bits per heavy atom. The fraction of sp³-hybridized carbons (Fsp3) is 1.00. The monoisotopic (exact) mass is 221 g/mol. The molecule has 1 aliphatic heterocycles. The van der Waals surface area contributed by atoms with Crippen LogP contribution in [0.2, 0.25) is 0 Å². The fourth-order valence-corrected chi connectivity index (χ4v) is 3.18. The molecule has 14 heavy (non-hydrogen) atoms. The van der Waals surface area contributed by atoms with E-state index in [1.165, 1.54) is 0 Å². The van der Waals surface area contributed by atoms with Gasteiger partial charge in [0.15, 0.2) is 0 Å². The van der Waals surface area contributed by atoms with Gasteiger partial charge in [-0.2, -0.15) is 0 Å². The maximum absolute atomic E-state index is 11.1. The van der Waals surface area contributed by atoms with Crippen molar-refractivity contribution >= 4 is 9.84 Å². The van der Waals surface area contributed by atoms with Gasteiger partial charge >= 0.3 is 0 Å². The van der Waals surface area contributed by atoms with E-state index in [1.807, 2.05) is 6.92 Å². The van der Waals surface area contributed by atoms with E-state index in [-0.39, 0.29) is 30.2 Å². The lowest BCUT2D eigenvalue weighted by Gasteiger charge is -2.26. The number of sulfone groups is 1. The molecule has 0 aliphatic carbocycles. The minimum Gasteiger partial charge on any atom is -0.395 e. The summed E-state index contributed by atoms with van der Waals surface area (Å²) < 4.78 is 22.3. The molecule has 0 aromatic heterocycles. The van der Waals surface area contributed by atoms with Crippen LogP contribution in [0.1, 0.15) is 26.2 Å². The first-order valence-corrected chi connectivity index (χ1v) is 6.97. The van der Waals surface area contributed by atoms with Crippen molar-refractivity contribution < 1.29 is 13.5 Å². The molecule has 4 nitrogen and oxygen atoms in total. The minimum absolute atomic E-state index is 0.112. The molecule has 5 heteroatoms. The summed E-state index contributed by atoms with van der Waals surface area (Å²) in [7, 11) is -2.77. The minimum atomic E-state index is -2.77. The highest BCUT2D eigenvalue weighted by Gasteiger charge is 2.24. The van der Waals surface area contributed by atoms with Crippen LogP contribution in [0.5, 0.6) is 0 Å². The molecule has 0 spiro atoms. The first kappa shape index (κ1) is 11.9. The zero-order valence-electron chi connectivity index (χ0n) is 8.57. The van der Waals surface area contributed by atoms with Gasteiger partial charge in [-0.15, -0.1) is 0 Å². The van der Waals surface area contributed by atoms with Crippen LogP contribution >= 0.6 is 0 Å². The topological polar surface area (TPSA) is 66.4 Å². The van der Waals surface area contributed by atoms with Crippen molar-refractivity contribution in [2.75, 3.05) is 18.1 Å². The molecule has 1 heterocycles. The maximum atomic E-state index is 11.1. The second kappa shape index (κ2) is 5.09. The molecule has 84 valence electrons. The average Bonchev–Trinajstić information content (AvgIpc) is 2.16. The van der Waals surface area contributed by atoms with Gasteiger partial charge in [0, 0.05) is 12.1 Å². The number of hydrogen-bond acceptors (Lipinski definition) is 4. The van der Waals surface area contributed by atoms with Gasteiger partial charge < -0.3 is 10.4 Å². The van der Waals surface area contributed by atoms with Crippen LogP contribution in [0.3, 0.4) is 0 Å². The van der Waals surface area contributed by atoms with Gasteiger partial charge in [-0.25, -0.2) is 8.42 Å². The van der Waals surface area contributed by atoms with Gasteiger partial charge in [-0.1, -0.05) is 6.92 Å². The summed E-state index contributed by atoms with van der Waals surface area (Å²) in [5.41, 5.74) is 0. The third-order valence-electron chi connectivity index (χ3n) is 2.74. The van der Waals surface area contributed by atoms with Crippen LogP contribution in [-0.2, 0) is 9.84 Å². The fourth-order valence-electron chi connectivity index (χ4n) is 1.69. The summed E-state index contributed by atoms with van der Waals surface area (Å²) in [6.07, 6.45) is 2.23. The number of nitrogens with one attached hydrogen (secondary N) is 1. The Morgan fingerprint density at radius 1 is 1.43 bits per heavy atom. The van der Waals surface area contributed by atoms with E-state index in [2.05, 4.69) is 5.32 Å². The maximum Gasteiger partial charge on any atom is 0.150 e. The normalized spacial score (nSPS) is 24.7. The molecule has 0 radical (unpaired) electrons. The van der Waals surface area contributed by atoms with E-state index in [1.54, 1.807) is 0 Å². The lowest BCUT2D eigenvalue weighted by atomic mass is 10.1. The van der Waals surface area contributed by atoms with Gasteiger partial charge in [0.1, 0.15) is 9.84 Å². The van der Waals surface area contributed by atoms with Crippen molar-refractivity contribution in [1.29, 1.82) is 0 Å². The van der Waals surface area contributed by atoms with Crippen molar-refractivity contribution in [3.05, 3.63) is 0 Å². The molecule has 0 bridgehead atoms. The highest BCUT2D eigenvalue weighted by atomic mass is 32.2. The van der Waals surface area contributed by atoms with Crippen LogP contribution in [0.4, 0.5) is 0 Å². The summed E-state index contributed by atoms with van der Waals surface area (Å²) in [6, 6.07) is 0.372. The molecule has 1 atom stereocenters. The summed E-state index contributed by atoms with van der Waals surface area (Å²) in [6.45, 7) is 2.13. The molecule has 1 fully saturated rings. The second-order valence-electron chi connectivity index (χ2n) is 3.88. The summed E-state index contributed by atoms with van der Waals surface area (Å²) in [4.78, 5) is 0. The van der Waals surface area contributed by atoms with Crippen molar-refractivity contribution in [3.8, 4) is 0 Å². The molecule has 0 amide bonds. The number of aliphatic hydroxyl groups is 1. The Bertz CT molecular complexity index is 245. The zero-order chi connectivity index (χ0) is 10.6. The second-order valence-corrected chi connectivity index (χ2v) is 6.18. The van der Waals surface area contributed by atoms with E-state index in [9.17, 15) is 8.42 Å². The molecule has 0 saturated carbocycles. The molecule has 0 unspecified atom stereocenters. The molecule has 0 aromatic carbocycles. The van der Waals surface area contributed by atoms with E-state index >= 15 is 0 Å². The average molecular weight is 221 g/mol. The molecule has 0 aromatic rings. The summed E-state index contributed by atoms with van der Waals surface area (Å²) in [5, 5.41) is 12.3. The predicted octanol–water partition coefficient (Wildman–Crippen LogP) is -0.0759. The van der Waals surface area contributed by atoms with Crippen LogP contribution in [0, 0.1) is 0 Å². The van der Waals surface area contributed by atoms with Gasteiger partial charge in [0.25, 0.3) is 0 Å².